The van der Waals surface area contributed by atoms with Crippen molar-refractivity contribution in [2.24, 2.45) is 0 Å². The first-order valence-electron chi connectivity index (χ1n) is 40.4. The summed E-state index contributed by atoms with van der Waals surface area (Å²) < 4.78 is 4.81. The van der Waals surface area contributed by atoms with Gasteiger partial charge in [0.25, 0.3) is 0 Å². The first-order valence-corrected chi connectivity index (χ1v) is 40.4. The lowest BCUT2D eigenvalue weighted by atomic mass is 9.70. The second-order valence-corrected chi connectivity index (χ2v) is 31.8. The van der Waals surface area contributed by atoms with Crippen molar-refractivity contribution in [2.45, 2.75) is 24.7 Å². The first-order chi connectivity index (χ1) is 57.3. The third-order valence-corrected chi connectivity index (χ3v) is 25.4. The Morgan fingerprint density at radius 2 is 0.500 bits per heavy atom. The van der Waals surface area contributed by atoms with E-state index in [1.54, 1.807) is 0 Å². The molecular weight excluding hydrogens is 1400 g/mol. The Morgan fingerprint density at radius 1 is 0.198 bits per heavy atom. The van der Waals surface area contributed by atoms with Gasteiger partial charge in [-0.3, -0.25) is 0 Å². The van der Waals surface area contributed by atoms with Crippen LogP contribution in [-0.2, 0) is 10.8 Å². The predicted molar refractivity (Wildman–Crippen MR) is 486 cm³/mol. The van der Waals surface area contributed by atoms with Crippen molar-refractivity contribution >= 4 is 77.7 Å². The lowest BCUT2D eigenvalue weighted by Crippen LogP contribution is -2.26. The molecule has 0 fully saturated rings. The largest absolute Gasteiger partial charge is 0.311 e. The Kier molecular flexibility index (Phi) is 15.2. The molecule has 2 aromatic heterocycles. The van der Waals surface area contributed by atoms with Gasteiger partial charge in [0.05, 0.1) is 38.9 Å². The minimum Gasteiger partial charge on any atom is -0.311 e. The van der Waals surface area contributed by atoms with Gasteiger partial charge in [-0.15, -0.1) is 0 Å². The summed E-state index contributed by atoms with van der Waals surface area (Å²) in [5.74, 6) is 0. The number of hydrogen-bond acceptors (Lipinski definition) is 2. The molecule has 0 aliphatic heterocycles. The summed E-state index contributed by atoms with van der Waals surface area (Å²) in [5, 5.41) is 4.96. The molecule has 0 atom stereocenters. The molecule has 0 saturated heterocycles. The normalized spacial score (nSPS) is 13.1. The van der Waals surface area contributed by atoms with Gasteiger partial charge < -0.3 is 18.9 Å². The molecule has 116 heavy (non-hydrogen) atoms. The number of benzene rings is 18. The average Bonchev–Trinajstić information content (AvgIpc) is 1.50. The molecule has 1 spiro atoms. The number of rotatable bonds is 13. The van der Waals surface area contributed by atoms with Gasteiger partial charge >= 0.3 is 0 Å². The van der Waals surface area contributed by atoms with Crippen LogP contribution >= 0.6 is 0 Å². The Hall–Kier alpha value is -14.8. The van der Waals surface area contributed by atoms with Gasteiger partial charge in [0.2, 0.25) is 0 Å². The number of fused-ring (bicyclic) bond motifs is 19. The van der Waals surface area contributed by atoms with Crippen LogP contribution in [0.3, 0.4) is 0 Å². The molecule has 23 rings (SSSR count). The van der Waals surface area contributed by atoms with E-state index in [1.165, 1.54) is 144 Å². The SMILES string of the molecule is CC1(C)c2ccccc2-c2c(N(c3ccc(-c4ccc(-n5c6ccccc6c6cc(-c7cccc(-c8ccc(N(c9ccc(-c%10ccccc%10)cc9)c9ccc(-c%10ccc(-n%11c%12ccccc%12c%12ccccc%12%11)cc%10)cc9)cc8)c7)ccc65)cc4)cc3)c3cccc4c3-c3ccccc3C43c4ccccc4-c4ccccc43)cccc21. The molecule has 18 aromatic carbocycles. The van der Waals surface area contributed by atoms with Crippen molar-refractivity contribution in [3.05, 3.63) is 458 Å². The minimum atomic E-state index is -0.480. The van der Waals surface area contributed by atoms with Crippen LogP contribution in [0, 0.1) is 0 Å². The predicted octanol–water partition coefficient (Wildman–Crippen LogP) is 29.8. The summed E-state index contributed by atoms with van der Waals surface area (Å²) in [6, 6.07) is 158. The lowest BCUT2D eigenvalue weighted by molar-refractivity contribution is 0.660. The molecule has 4 nitrogen and oxygen atoms in total. The maximum atomic E-state index is 2.57. The van der Waals surface area contributed by atoms with Crippen LogP contribution < -0.4 is 9.80 Å². The van der Waals surface area contributed by atoms with Crippen molar-refractivity contribution < 1.29 is 0 Å². The maximum absolute atomic E-state index is 2.57. The highest BCUT2D eigenvalue weighted by Crippen LogP contribution is 2.66. The molecule has 0 saturated carbocycles. The van der Waals surface area contributed by atoms with Crippen LogP contribution in [0.4, 0.5) is 34.1 Å². The van der Waals surface area contributed by atoms with Gasteiger partial charge in [0.1, 0.15) is 0 Å². The molecule has 0 unspecified atom stereocenters. The van der Waals surface area contributed by atoms with E-state index in [0.29, 0.717) is 0 Å². The summed E-state index contributed by atoms with van der Waals surface area (Å²) in [7, 11) is 0. The number of anilines is 6. The Morgan fingerprint density at radius 3 is 0.991 bits per heavy atom. The molecule has 20 aromatic rings. The molecule has 3 aliphatic rings. The average molecular weight is 1480 g/mol. The molecule has 0 amide bonds. The quantitative estimate of drug-likeness (QED) is 0.114. The summed E-state index contributed by atoms with van der Waals surface area (Å²) in [6.07, 6.45) is 0. The van der Waals surface area contributed by atoms with Crippen molar-refractivity contribution in [1.29, 1.82) is 0 Å². The minimum absolute atomic E-state index is 0.183. The van der Waals surface area contributed by atoms with E-state index in [4.69, 9.17) is 0 Å². The van der Waals surface area contributed by atoms with Gasteiger partial charge in [-0.25, -0.2) is 0 Å². The Balaban J connectivity index is 0.553. The van der Waals surface area contributed by atoms with E-state index in [1.807, 2.05) is 0 Å². The topological polar surface area (TPSA) is 16.3 Å². The molecule has 544 valence electrons. The first kappa shape index (κ1) is 66.9. The second kappa shape index (κ2) is 26.4. The summed E-state index contributed by atoms with van der Waals surface area (Å²) in [6.45, 7) is 4.77. The van der Waals surface area contributed by atoms with Gasteiger partial charge in [-0.05, 0) is 233 Å². The fraction of sp³-hybridized carbons (Fsp3) is 0.0357. The Bertz CT molecular complexity index is 7210. The summed E-state index contributed by atoms with van der Waals surface area (Å²) in [5.41, 5.74) is 40.4. The van der Waals surface area contributed by atoms with Gasteiger partial charge in [-0.2, -0.15) is 0 Å². The molecular formula is C112H76N4. The van der Waals surface area contributed by atoms with E-state index in [2.05, 4.69) is 457 Å². The number of para-hydroxylation sites is 3. The van der Waals surface area contributed by atoms with E-state index in [9.17, 15) is 0 Å². The van der Waals surface area contributed by atoms with E-state index in [0.717, 1.165) is 67.6 Å². The van der Waals surface area contributed by atoms with Gasteiger partial charge in [0.15, 0.2) is 0 Å². The third-order valence-electron chi connectivity index (χ3n) is 25.4. The second-order valence-electron chi connectivity index (χ2n) is 31.8. The van der Waals surface area contributed by atoms with Crippen LogP contribution in [0.15, 0.2) is 425 Å². The Labute approximate surface area is 675 Å². The summed E-state index contributed by atoms with van der Waals surface area (Å²) in [4.78, 5) is 4.94. The van der Waals surface area contributed by atoms with Crippen LogP contribution in [0.5, 0.6) is 0 Å². The highest BCUT2D eigenvalue weighted by atomic mass is 15.2. The maximum Gasteiger partial charge on any atom is 0.0726 e. The number of hydrogen-bond donors (Lipinski definition) is 0. The van der Waals surface area contributed by atoms with Crippen LogP contribution in [0.25, 0.3) is 144 Å². The lowest BCUT2D eigenvalue weighted by Gasteiger charge is -2.32. The zero-order valence-electron chi connectivity index (χ0n) is 64.2. The third kappa shape index (κ3) is 10.3. The van der Waals surface area contributed by atoms with Crippen LogP contribution in [0.1, 0.15) is 47.2 Å². The summed E-state index contributed by atoms with van der Waals surface area (Å²) >= 11 is 0. The molecule has 0 radical (unpaired) electrons. The van der Waals surface area contributed by atoms with Crippen LogP contribution in [-0.4, -0.2) is 9.13 Å². The van der Waals surface area contributed by atoms with Gasteiger partial charge in [-0.1, -0.05) is 317 Å². The van der Waals surface area contributed by atoms with Crippen molar-refractivity contribution in [3.8, 4) is 100 Å². The number of aromatic nitrogens is 2. The highest BCUT2D eigenvalue weighted by Gasteiger charge is 2.53. The fourth-order valence-electron chi connectivity index (χ4n) is 20.0. The number of nitrogens with zero attached hydrogens (tertiary/aromatic N) is 4. The van der Waals surface area contributed by atoms with E-state index >= 15 is 0 Å². The molecule has 2 heterocycles. The zero-order chi connectivity index (χ0) is 76.7. The zero-order valence-corrected chi connectivity index (χ0v) is 64.2. The molecule has 3 aliphatic carbocycles. The monoisotopic (exact) mass is 1480 g/mol. The van der Waals surface area contributed by atoms with Crippen molar-refractivity contribution in [2.75, 3.05) is 9.80 Å². The standard InChI is InChI=1S/C112H76N4/c1-111(2)97-34-13-8-32-94(97)109-101(111)38-21-43-107(109)116(108-44-22-39-102-110(108)95-33-9-16-37-100(95)112(102)98-35-14-6-27-89(98)90-28-7-15-36-99(90)112)88-68-53-78(54-69-88)77-51-66-87(67-52-77)115-105-42-19-12-31-93(105)96-72-82(57-70-106(96)115)81-26-20-25-80(71-81)79-55-62-85(63-56-79)113(83-58-45-74(46-59-83)73-23-4-3-5-24-73)84-60-47-75(48-61-84)76-49-64-86(65-50-76)114-103-40-17-10-29-91(103)92-30-11-18-41-104(92)114/h3-72H,1-2H3. The van der Waals surface area contributed by atoms with Gasteiger partial charge in [0, 0.05) is 72.2 Å². The highest BCUT2D eigenvalue weighted by molar-refractivity contribution is 6.12. The molecule has 0 bridgehead atoms. The van der Waals surface area contributed by atoms with Crippen molar-refractivity contribution in [1.82, 2.24) is 9.13 Å². The van der Waals surface area contributed by atoms with Crippen molar-refractivity contribution in [3.63, 3.8) is 0 Å². The van der Waals surface area contributed by atoms with E-state index in [-0.39, 0.29) is 5.41 Å². The smallest absolute Gasteiger partial charge is 0.0726 e. The van der Waals surface area contributed by atoms with E-state index < -0.39 is 5.41 Å². The van der Waals surface area contributed by atoms with Crippen LogP contribution in [0.2, 0.25) is 0 Å². The molecule has 4 heteroatoms. The molecule has 0 N–H and O–H groups in total. The fourth-order valence-corrected chi connectivity index (χ4v) is 20.0.